The van der Waals surface area contributed by atoms with Gasteiger partial charge in [0.15, 0.2) is 16.8 Å². The first-order valence-electron chi connectivity index (χ1n) is 3.28. The Balaban J connectivity index is 4.18. The highest BCUT2D eigenvalue weighted by Crippen LogP contribution is 2.39. The molecule has 0 spiro atoms. The summed E-state index contributed by atoms with van der Waals surface area (Å²) in [7, 11) is -9.04. The summed E-state index contributed by atoms with van der Waals surface area (Å²) in [4.78, 5) is 52.5. The number of rotatable bonds is 6. The summed E-state index contributed by atoms with van der Waals surface area (Å²) in [6.45, 7) is 0. The third-order valence-electron chi connectivity index (χ3n) is 1.04. The number of hydrogen-bond acceptors (Lipinski definition) is 6. The Morgan fingerprint density at radius 2 is 1.36 bits per heavy atom. The first-order valence-corrected chi connectivity index (χ1v) is 7.94. The van der Waals surface area contributed by atoms with Crippen molar-refractivity contribution in [3.63, 3.8) is 0 Å². The summed E-state index contributed by atoms with van der Waals surface area (Å²) < 4.78 is 10.5. The van der Waals surface area contributed by atoms with Crippen molar-refractivity contribution in [1.82, 2.24) is 4.90 Å². The molecule has 0 atom stereocenters. The molecule has 8 nitrogen and oxygen atoms in total. The molecule has 0 aromatic rings. The molecule has 0 aliphatic rings. The summed E-state index contributed by atoms with van der Waals surface area (Å²) in [5, 5.41) is 0. The molecule has 0 heterocycles. The van der Waals surface area contributed by atoms with E-state index in [9.17, 15) is 4.57 Å². The van der Waals surface area contributed by atoms with E-state index >= 15 is 0 Å². The van der Waals surface area contributed by atoms with E-state index in [0.717, 1.165) is 4.90 Å². The van der Waals surface area contributed by atoms with Crippen LogP contribution in [0.3, 0.4) is 0 Å². The lowest BCUT2D eigenvalue weighted by molar-refractivity contribution is 0.310. The van der Waals surface area contributed by atoms with Gasteiger partial charge in [0.2, 0.25) is 0 Å². The van der Waals surface area contributed by atoms with Crippen molar-refractivity contribution in [2.24, 2.45) is 0 Å². The molecule has 0 unspecified atom stereocenters. The Bertz CT molecular complexity index is 194. The van der Waals surface area contributed by atoms with Gasteiger partial charge in [-0.3, -0.25) is 9.46 Å². The Hall–Kier alpha value is 0.810. The molecule has 6 N–H and O–H groups in total. The van der Waals surface area contributed by atoms with Crippen LogP contribution < -0.4 is 0 Å². The average Bonchev–Trinajstić information content (AvgIpc) is 1.77. The van der Waals surface area contributed by atoms with Gasteiger partial charge in [-0.05, 0) is 0 Å². The fraction of sp³-hybridized carbons (Fsp3) is 1.00. The molecule has 0 amide bonds. The van der Waals surface area contributed by atoms with Crippen molar-refractivity contribution in [2.75, 3.05) is 18.9 Å². The largest absolute Gasteiger partial charge is 0.349 e. The van der Waals surface area contributed by atoms with Gasteiger partial charge in [0.25, 0.3) is 0 Å². The fourth-order valence-corrected chi connectivity index (χ4v) is 3.06. The lowest BCUT2D eigenvalue weighted by atomic mass is 11.0. The summed E-state index contributed by atoms with van der Waals surface area (Å²) in [5.41, 5.74) is 0. The second-order valence-electron chi connectivity index (χ2n) is 2.50. The van der Waals surface area contributed by atoms with Crippen LogP contribution in [-0.2, 0) is 4.57 Å². The minimum atomic E-state index is -4.33. The maximum atomic E-state index is 10.5. The Morgan fingerprint density at radius 3 is 1.57 bits per heavy atom. The maximum Gasteiger partial charge on any atom is 0.339 e. The summed E-state index contributed by atoms with van der Waals surface area (Å²) in [5.74, 6) is 0. The van der Waals surface area contributed by atoms with Crippen molar-refractivity contribution in [2.45, 2.75) is 0 Å². The lowest BCUT2D eigenvalue weighted by Crippen LogP contribution is -2.25. The van der Waals surface area contributed by atoms with Gasteiger partial charge in [-0.15, -0.1) is 0 Å². The fourth-order valence-electron chi connectivity index (χ4n) is 0.752. The first kappa shape index (κ1) is 14.8. The van der Waals surface area contributed by atoms with Gasteiger partial charge in [-0.1, -0.05) is 0 Å². The van der Waals surface area contributed by atoms with Crippen LogP contribution in [0, 0.1) is 0 Å². The standard InChI is InChI=1S/C3H12NO7P3/c5-12(6)1-4(2-13(7)8)3-14(9,10)11/h5-8H,1-3H2,(H2,9,10,11). The van der Waals surface area contributed by atoms with E-state index in [0.29, 0.717) is 0 Å². The molecule has 14 heavy (non-hydrogen) atoms. The molecule has 0 saturated carbocycles. The molecule has 0 aromatic carbocycles. The molecule has 0 aromatic heterocycles. The highest BCUT2D eigenvalue weighted by atomic mass is 31.2. The van der Waals surface area contributed by atoms with E-state index in [1.807, 2.05) is 0 Å². The molecule has 0 radical (unpaired) electrons. The minimum Gasteiger partial charge on any atom is -0.349 e. The first-order chi connectivity index (χ1) is 6.20. The molecule has 11 heteroatoms. The van der Waals surface area contributed by atoms with Crippen LogP contribution in [0.5, 0.6) is 0 Å². The maximum absolute atomic E-state index is 10.5. The van der Waals surface area contributed by atoms with Crippen LogP contribution in [0.15, 0.2) is 0 Å². The monoisotopic (exact) mass is 267 g/mol. The summed E-state index contributed by atoms with van der Waals surface area (Å²) >= 11 is 0. The Morgan fingerprint density at radius 1 is 1.00 bits per heavy atom. The van der Waals surface area contributed by atoms with Crippen LogP contribution >= 0.6 is 24.3 Å². The highest BCUT2D eigenvalue weighted by molar-refractivity contribution is 7.52. The Labute approximate surface area is 82.8 Å². The van der Waals surface area contributed by atoms with Gasteiger partial charge >= 0.3 is 7.60 Å². The van der Waals surface area contributed by atoms with E-state index in [-0.39, 0.29) is 12.6 Å². The normalized spacial score (nSPS) is 13.2. The van der Waals surface area contributed by atoms with Crippen LogP contribution in [0.2, 0.25) is 0 Å². The highest BCUT2D eigenvalue weighted by Gasteiger charge is 2.22. The molecular weight excluding hydrogens is 255 g/mol. The van der Waals surface area contributed by atoms with Crippen molar-refractivity contribution in [3.05, 3.63) is 0 Å². The van der Waals surface area contributed by atoms with Crippen LogP contribution in [0.25, 0.3) is 0 Å². The van der Waals surface area contributed by atoms with Crippen molar-refractivity contribution < 1.29 is 33.9 Å². The SMILES string of the molecule is O=P(O)(O)CN(CP(O)O)CP(O)O. The molecule has 0 rings (SSSR count). The summed E-state index contributed by atoms with van der Waals surface area (Å²) in [6.07, 6.45) is -1.51. The van der Waals surface area contributed by atoms with Crippen LogP contribution in [-0.4, -0.2) is 53.1 Å². The van der Waals surface area contributed by atoms with E-state index in [2.05, 4.69) is 0 Å². The van der Waals surface area contributed by atoms with E-state index in [4.69, 9.17) is 29.4 Å². The molecule has 0 fully saturated rings. The van der Waals surface area contributed by atoms with Gasteiger partial charge in [0.1, 0.15) is 6.29 Å². The molecule has 0 aliphatic carbocycles. The van der Waals surface area contributed by atoms with Gasteiger partial charge in [0.05, 0.1) is 12.6 Å². The van der Waals surface area contributed by atoms with E-state index < -0.39 is 30.6 Å². The number of nitrogens with zero attached hydrogens (tertiary/aromatic N) is 1. The van der Waals surface area contributed by atoms with Crippen molar-refractivity contribution in [1.29, 1.82) is 0 Å². The predicted molar refractivity (Wildman–Crippen MR) is 51.2 cm³/mol. The van der Waals surface area contributed by atoms with Gasteiger partial charge in [-0.2, -0.15) is 0 Å². The molecule has 0 bridgehead atoms. The van der Waals surface area contributed by atoms with E-state index in [1.165, 1.54) is 0 Å². The minimum absolute atomic E-state index is 0.388. The smallest absolute Gasteiger partial charge is 0.339 e. The molecule has 86 valence electrons. The van der Waals surface area contributed by atoms with Crippen molar-refractivity contribution >= 4 is 24.3 Å². The van der Waals surface area contributed by atoms with Crippen LogP contribution in [0.1, 0.15) is 0 Å². The third-order valence-corrected chi connectivity index (χ3v) is 3.11. The zero-order valence-corrected chi connectivity index (χ0v) is 9.68. The topological polar surface area (TPSA) is 142 Å². The predicted octanol–water partition coefficient (Wildman–Crippen LogP) is -1.07. The number of hydrogen-bond donors (Lipinski definition) is 6. The average molecular weight is 267 g/mol. The lowest BCUT2D eigenvalue weighted by Gasteiger charge is -2.22. The third kappa shape index (κ3) is 9.37. The van der Waals surface area contributed by atoms with Crippen LogP contribution in [0.4, 0.5) is 0 Å². The van der Waals surface area contributed by atoms with Gasteiger partial charge < -0.3 is 29.4 Å². The quantitative estimate of drug-likeness (QED) is 0.334. The molecule has 0 saturated heterocycles. The molecule has 0 aliphatic heterocycles. The van der Waals surface area contributed by atoms with Gasteiger partial charge in [0, 0.05) is 0 Å². The molecular formula is C3H12NO7P3. The zero-order chi connectivity index (χ0) is 11.4. The Kier molecular flexibility index (Phi) is 6.78. The second kappa shape index (κ2) is 6.40. The van der Waals surface area contributed by atoms with Crippen molar-refractivity contribution in [3.8, 4) is 0 Å². The zero-order valence-electron chi connectivity index (χ0n) is 7.00. The summed E-state index contributed by atoms with van der Waals surface area (Å²) in [6, 6.07) is 0. The second-order valence-corrected chi connectivity index (χ2v) is 6.17. The van der Waals surface area contributed by atoms with E-state index in [1.54, 1.807) is 0 Å². The van der Waals surface area contributed by atoms with Gasteiger partial charge in [-0.25, -0.2) is 0 Å².